The van der Waals surface area contributed by atoms with Gasteiger partial charge in [0.2, 0.25) is 0 Å². The molecule has 4 heteroatoms. The molecule has 2 aromatic carbocycles. The first-order valence-electron chi connectivity index (χ1n) is 10.7. The zero-order valence-corrected chi connectivity index (χ0v) is 17.4. The van der Waals surface area contributed by atoms with Gasteiger partial charge in [0.15, 0.2) is 0 Å². The quantitative estimate of drug-likeness (QED) is 0.666. The van der Waals surface area contributed by atoms with Crippen molar-refractivity contribution < 1.29 is 9.53 Å². The van der Waals surface area contributed by atoms with Crippen molar-refractivity contribution in [3.05, 3.63) is 77.5 Å². The second kappa shape index (κ2) is 8.83. The first kappa shape index (κ1) is 19.7. The molecule has 29 heavy (non-hydrogen) atoms. The van der Waals surface area contributed by atoms with Crippen molar-refractivity contribution in [3.8, 4) is 0 Å². The van der Waals surface area contributed by atoms with E-state index in [4.69, 9.17) is 4.74 Å². The Labute approximate surface area is 173 Å². The highest BCUT2D eigenvalue weighted by atomic mass is 16.5. The molecule has 0 N–H and O–H groups in total. The number of hydrogen-bond donors (Lipinski definition) is 0. The summed E-state index contributed by atoms with van der Waals surface area (Å²) in [5.74, 6) is -0.103. The summed E-state index contributed by atoms with van der Waals surface area (Å²) >= 11 is 0. The average molecular weight is 391 g/mol. The van der Waals surface area contributed by atoms with Crippen molar-refractivity contribution in [2.24, 2.45) is 0 Å². The number of ether oxygens (including phenoxy) is 1. The summed E-state index contributed by atoms with van der Waals surface area (Å²) < 4.78 is 5.51. The lowest BCUT2D eigenvalue weighted by atomic mass is 9.92. The molecule has 2 aromatic rings. The van der Waals surface area contributed by atoms with E-state index < -0.39 is 0 Å². The molecule has 1 aliphatic heterocycles. The van der Waals surface area contributed by atoms with Gasteiger partial charge in [-0.3, -0.25) is 9.69 Å². The molecule has 1 aliphatic carbocycles. The highest BCUT2D eigenvalue weighted by Crippen LogP contribution is 2.42. The Morgan fingerprint density at radius 3 is 2.48 bits per heavy atom. The van der Waals surface area contributed by atoms with Crippen molar-refractivity contribution in [3.63, 3.8) is 0 Å². The third-order valence-electron chi connectivity index (χ3n) is 6.20. The van der Waals surface area contributed by atoms with E-state index in [2.05, 4.69) is 65.4 Å². The van der Waals surface area contributed by atoms with Crippen molar-refractivity contribution in [2.75, 3.05) is 18.6 Å². The number of hydrogen-bond acceptors (Lipinski definition) is 4. The summed E-state index contributed by atoms with van der Waals surface area (Å²) in [6, 6.07) is 21.0. The number of fused-ring (bicyclic) bond motifs is 1. The van der Waals surface area contributed by atoms with E-state index in [-0.39, 0.29) is 12.0 Å². The van der Waals surface area contributed by atoms with E-state index in [1.54, 1.807) is 0 Å². The Hall–Kier alpha value is -2.59. The van der Waals surface area contributed by atoms with Gasteiger partial charge in [-0.25, -0.2) is 0 Å². The van der Waals surface area contributed by atoms with Gasteiger partial charge in [-0.2, -0.15) is 0 Å². The molecule has 1 fully saturated rings. The van der Waals surface area contributed by atoms with Gasteiger partial charge in [0.1, 0.15) is 6.04 Å². The van der Waals surface area contributed by atoms with Crippen molar-refractivity contribution >= 4 is 11.7 Å². The predicted octanol–water partition coefficient (Wildman–Crippen LogP) is 4.77. The third kappa shape index (κ3) is 4.08. The zero-order valence-electron chi connectivity index (χ0n) is 17.4. The van der Waals surface area contributed by atoms with E-state index in [1.807, 2.05) is 19.1 Å². The zero-order chi connectivity index (χ0) is 20.2. The van der Waals surface area contributed by atoms with Crippen LogP contribution in [0, 0.1) is 0 Å². The van der Waals surface area contributed by atoms with E-state index in [1.165, 1.54) is 28.9 Å². The van der Waals surface area contributed by atoms with Gasteiger partial charge < -0.3 is 9.64 Å². The highest BCUT2D eigenvalue weighted by molar-refractivity contribution is 5.77. The van der Waals surface area contributed by atoms with Gasteiger partial charge in [0.25, 0.3) is 0 Å². The van der Waals surface area contributed by atoms with Crippen LogP contribution in [0.15, 0.2) is 71.9 Å². The first-order chi connectivity index (χ1) is 14.2. The first-order valence-corrected chi connectivity index (χ1v) is 10.7. The lowest BCUT2D eigenvalue weighted by Crippen LogP contribution is -2.51. The maximum Gasteiger partial charge on any atom is 0.323 e. The lowest BCUT2D eigenvalue weighted by molar-refractivity contribution is -0.151. The minimum absolute atomic E-state index is 0.103. The van der Waals surface area contributed by atoms with Crippen LogP contribution in [0.2, 0.25) is 0 Å². The normalized spacial score (nSPS) is 21.7. The van der Waals surface area contributed by atoms with Crippen LogP contribution < -0.4 is 4.90 Å². The minimum Gasteiger partial charge on any atom is -0.465 e. The smallest absolute Gasteiger partial charge is 0.323 e. The maximum absolute atomic E-state index is 13.0. The van der Waals surface area contributed by atoms with E-state index in [0.29, 0.717) is 19.1 Å². The van der Waals surface area contributed by atoms with E-state index in [0.717, 1.165) is 19.4 Å². The second-order valence-corrected chi connectivity index (χ2v) is 7.90. The number of carbonyl (C=O) groups excluding carboxylic acids is 1. The molecule has 2 atom stereocenters. The van der Waals surface area contributed by atoms with Crippen molar-refractivity contribution in [1.82, 2.24) is 4.90 Å². The summed E-state index contributed by atoms with van der Waals surface area (Å²) in [4.78, 5) is 17.7. The summed E-state index contributed by atoms with van der Waals surface area (Å²) in [6.45, 7) is 3.08. The number of esters is 1. The summed E-state index contributed by atoms with van der Waals surface area (Å²) in [5, 5.41) is 0. The monoisotopic (exact) mass is 390 g/mol. The average Bonchev–Trinajstić information content (AvgIpc) is 3.25. The van der Waals surface area contributed by atoms with Crippen LogP contribution >= 0.6 is 0 Å². The predicted molar refractivity (Wildman–Crippen MR) is 117 cm³/mol. The van der Waals surface area contributed by atoms with Crippen LogP contribution in [0.1, 0.15) is 38.2 Å². The van der Waals surface area contributed by atoms with Gasteiger partial charge in [0.05, 0.1) is 6.61 Å². The van der Waals surface area contributed by atoms with Crippen LogP contribution in [0.4, 0.5) is 5.69 Å². The number of nitrogens with zero attached hydrogens (tertiary/aromatic N) is 2. The molecule has 0 saturated heterocycles. The molecule has 0 amide bonds. The van der Waals surface area contributed by atoms with Crippen molar-refractivity contribution in [2.45, 2.75) is 51.2 Å². The standard InChI is InChI=1S/C25H30N2O2/c1-3-29-25(28)24-17-23(26(2)20-13-8-5-9-14-20)21-15-10-16-22(21)27(24)18-19-11-6-4-7-12-19/h4-9,11-14,22,24H,3,10,15-18H2,1-2H3/t22-,24+/m1/s1. The Bertz CT molecular complexity index is 863. The molecule has 152 valence electrons. The number of rotatable bonds is 6. The van der Waals surface area contributed by atoms with Gasteiger partial charge in [0, 0.05) is 37.4 Å². The van der Waals surface area contributed by atoms with Crippen LogP contribution in [0.3, 0.4) is 0 Å². The molecule has 0 aromatic heterocycles. The second-order valence-electron chi connectivity index (χ2n) is 7.90. The van der Waals surface area contributed by atoms with Crippen LogP contribution in [0.25, 0.3) is 0 Å². The summed E-state index contributed by atoms with van der Waals surface area (Å²) in [7, 11) is 2.13. The topological polar surface area (TPSA) is 32.8 Å². The van der Waals surface area contributed by atoms with Gasteiger partial charge in [-0.15, -0.1) is 0 Å². The van der Waals surface area contributed by atoms with Crippen LogP contribution in [0.5, 0.6) is 0 Å². The Kier molecular flexibility index (Phi) is 6.00. The largest absolute Gasteiger partial charge is 0.465 e. The highest BCUT2D eigenvalue weighted by Gasteiger charge is 2.43. The maximum atomic E-state index is 13.0. The molecule has 0 bridgehead atoms. The Balaban J connectivity index is 1.70. The lowest BCUT2D eigenvalue weighted by Gasteiger charge is -2.43. The molecule has 2 aliphatic rings. The Morgan fingerprint density at radius 2 is 1.79 bits per heavy atom. The number of para-hydroxylation sites is 1. The fourth-order valence-corrected chi connectivity index (χ4v) is 4.81. The van der Waals surface area contributed by atoms with Crippen LogP contribution in [-0.2, 0) is 16.1 Å². The van der Waals surface area contributed by atoms with E-state index >= 15 is 0 Å². The fraction of sp³-hybridized carbons (Fsp3) is 0.400. The van der Waals surface area contributed by atoms with Gasteiger partial charge in [-0.1, -0.05) is 48.5 Å². The summed E-state index contributed by atoms with van der Waals surface area (Å²) in [6.07, 6.45) is 4.08. The number of carbonyl (C=O) groups is 1. The molecule has 0 radical (unpaired) electrons. The SMILES string of the molecule is CCOC(=O)[C@@H]1CC(N(C)c2ccccc2)=C2CCC[C@H]2N1Cc1ccccc1. The molecule has 1 heterocycles. The third-order valence-corrected chi connectivity index (χ3v) is 6.20. The number of anilines is 1. The molecule has 1 saturated carbocycles. The minimum atomic E-state index is -0.247. The fourth-order valence-electron chi connectivity index (χ4n) is 4.81. The molecular weight excluding hydrogens is 360 g/mol. The molecule has 4 nitrogen and oxygen atoms in total. The number of benzene rings is 2. The van der Waals surface area contributed by atoms with Gasteiger partial charge >= 0.3 is 5.97 Å². The Morgan fingerprint density at radius 1 is 1.10 bits per heavy atom. The van der Waals surface area contributed by atoms with Crippen LogP contribution in [-0.4, -0.2) is 36.6 Å². The van der Waals surface area contributed by atoms with Gasteiger partial charge in [-0.05, 0) is 49.5 Å². The molecule has 0 unspecified atom stereocenters. The summed E-state index contributed by atoms with van der Waals surface area (Å²) in [5.41, 5.74) is 5.20. The molecule has 4 rings (SSSR count). The van der Waals surface area contributed by atoms with Crippen molar-refractivity contribution in [1.29, 1.82) is 0 Å². The van der Waals surface area contributed by atoms with E-state index in [9.17, 15) is 4.79 Å². The molecule has 0 spiro atoms. The molecular formula is C25H30N2O2.